The molecule has 1 saturated carbocycles. The molecule has 1 aliphatic carbocycles. The number of piperidine rings is 1. The van der Waals surface area contributed by atoms with Crippen LogP contribution in [0, 0.1) is 5.92 Å². The lowest BCUT2D eigenvalue weighted by Crippen LogP contribution is -2.54. The van der Waals surface area contributed by atoms with Crippen molar-refractivity contribution in [1.29, 1.82) is 0 Å². The predicted molar refractivity (Wildman–Crippen MR) is 75.2 cm³/mol. The number of rotatable bonds is 2. The molecule has 0 aromatic heterocycles. The molecule has 2 heterocycles. The van der Waals surface area contributed by atoms with E-state index < -0.39 is 0 Å². The SMILES string of the molecule is O=C1CCCCC1C1CCCCN1C1CCCOC1. The Kier molecular flexibility index (Phi) is 4.54. The maximum atomic E-state index is 12.3. The number of Topliss-reactive ketones (excluding diaryl/α,β-unsaturated/α-hetero) is 1. The van der Waals surface area contributed by atoms with Gasteiger partial charge in [-0.15, -0.1) is 0 Å². The van der Waals surface area contributed by atoms with Crippen molar-refractivity contribution in [2.24, 2.45) is 5.92 Å². The molecule has 0 bridgehead atoms. The van der Waals surface area contributed by atoms with Gasteiger partial charge in [-0.1, -0.05) is 12.8 Å². The minimum Gasteiger partial charge on any atom is -0.380 e. The van der Waals surface area contributed by atoms with Gasteiger partial charge in [-0.05, 0) is 45.1 Å². The third-order valence-electron chi connectivity index (χ3n) is 5.26. The molecule has 0 radical (unpaired) electrons. The van der Waals surface area contributed by atoms with Crippen LogP contribution in [0.15, 0.2) is 0 Å². The number of likely N-dealkylation sites (tertiary alicyclic amines) is 1. The molecule has 0 N–H and O–H groups in total. The van der Waals surface area contributed by atoms with Crippen LogP contribution in [0.1, 0.15) is 57.8 Å². The van der Waals surface area contributed by atoms with Crippen LogP contribution in [0.3, 0.4) is 0 Å². The molecule has 0 amide bonds. The summed E-state index contributed by atoms with van der Waals surface area (Å²) in [5, 5.41) is 0. The van der Waals surface area contributed by atoms with E-state index in [0.29, 0.717) is 23.8 Å². The molecular weight excluding hydrogens is 238 g/mol. The third kappa shape index (κ3) is 3.03. The summed E-state index contributed by atoms with van der Waals surface area (Å²) in [5.41, 5.74) is 0. The standard InChI is InChI=1S/C16H27NO2/c18-16-9-2-1-7-14(16)15-8-3-4-10-17(15)13-6-5-11-19-12-13/h13-15H,1-12H2. The van der Waals surface area contributed by atoms with Crippen molar-refractivity contribution < 1.29 is 9.53 Å². The smallest absolute Gasteiger partial charge is 0.137 e. The van der Waals surface area contributed by atoms with Gasteiger partial charge in [-0.25, -0.2) is 0 Å². The van der Waals surface area contributed by atoms with E-state index in [1.165, 1.54) is 45.1 Å². The molecular formula is C16H27NO2. The van der Waals surface area contributed by atoms with E-state index in [1.807, 2.05) is 0 Å². The van der Waals surface area contributed by atoms with Crippen LogP contribution in [-0.4, -0.2) is 42.5 Å². The van der Waals surface area contributed by atoms with Crippen LogP contribution in [0.5, 0.6) is 0 Å². The maximum absolute atomic E-state index is 12.3. The molecule has 3 unspecified atom stereocenters. The Balaban J connectivity index is 1.70. The van der Waals surface area contributed by atoms with Crippen molar-refractivity contribution in [2.45, 2.75) is 69.9 Å². The highest BCUT2D eigenvalue weighted by Crippen LogP contribution is 2.34. The lowest BCUT2D eigenvalue weighted by atomic mass is 9.78. The number of carbonyl (C=O) groups excluding carboxylic acids is 1. The monoisotopic (exact) mass is 265 g/mol. The largest absolute Gasteiger partial charge is 0.380 e. The first-order valence-electron chi connectivity index (χ1n) is 8.22. The molecule has 0 spiro atoms. The summed E-state index contributed by atoms with van der Waals surface area (Å²) in [6.07, 6.45) is 10.6. The predicted octanol–water partition coefficient (Wildman–Crippen LogP) is 2.78. The number of hydrogen-bond donors (Lipinski definition) is 0. The summed E-state index contributed by atoms with van der Waals surface area (Å²) >= 11 is 0. The van der Waals surface area contributed by atoms with E-state index in [0.717, 1.165) is 32.5 Å². The van der Waals surface area contributed by atoms with E-state index in [9.17, 15) is 4.79 Å². The molecule has 3 aliphatic rings. The molecule has 3 atom stereocenters. The molecule has 19 heavy (non-hydrogen) atoms. The van der Waals surface area contributed by atoms with Crippen LogP contribution in [0.25, 0.3) is 0 Å². The molecule has 3 nitrogen and oxygen atoms in total. The molecule has 0 aromatic carbocycles. The van der Waals surface area contributed by atoms with E-state index in [2.05, 4.69) is 4.90 Å². The van der Waals surface area contributed by atoms with Gasteiger partial charge in [-0.2, -0.15) is 0 Å². The van der Waals surface area contributed by atoms with Crippen molar-refractivity contribution in [2.75, 3.05) is 19.8 Å². The van der Waals surface area contributed by atoms with E-state index in [1.54, 1.807) is 0 Å². The fraction of sp³-hybridized carbons (Fsp3) is 0.938. The normalized spacial score (nSPS) is 38.3. The van der Waals surface area contributed by atoms with Gasteiger partial charge in [0.05, 0.1) is 6.61 Å². The summed E-state index contributed by atoms with van der Waals surface area (Å²) in [5.74, 6) is 0.871. The van der Waals surface area contributed by atoms with Gasteiger partial charge in [0.2, 0.25) is 0 Å². The van der Waals surface area contributed by atoms with Gasteiger partial charge < -0.3 is 4.74 Å². The first kappa shape index (κ1) is 13.6. The Morgan fingerprint density at radius 2 is 1.89 bits per heavy atom. The quantitative estimate of drug-likeness (QED) is 0.769. The van der Waals surface area contributed by atoms with Gasteiger partial charge in [0, 0.05) is 31.0 Å². The minimum atomic E-state index is 0.330. The van der Waals surface area contributed by atoms with Crippen LogP contribution >= 0.6 is 0 Å². The lowest BCUT2D eigenvalue weighted by Gasteiger charge is -2.46. The summed E-state index contributed by atoms with van der Waals surface area (Å²) in [7, 11) is 0. The minimum absolute atomic E-state index is 0.330. The molecule has 2 saturated heterocycles. The Morgan fingerprint density at radius 3 is 2.68 bits per heavy atom. The van der Waals surface area contributed by atoms with Gasteiger partial charge >= 0.3 is 0 Å². The third-order valence-corrected chi connectivity index (χ3v) is 5.26. The average Bonchev–Trinajstić information content (AvgIpc) is 2.49. The number of ketones is 1. The second-order valence-corrected chi connectivity index (χ2v) is 6.49. The Morgan fingerprint density at radius 1 is 1.00 bits per heavy atom. The molecule has 3 fully saturated rings. The highest BCUT2D eigenvalue weighted by Gasteiger charge is 2.38. The van der Waals surface area contributed by atoms with Crippen molar-refractivity contribution in [3.05, 3.63) is 0 Å². The fourth-order valence-corrected chi connectivity index (χ4v) is 4.27. The van der Waals surface area contributed by atoms with Crippen molar-refractivity contribution >= 4 is 5.78 Å². The Hall–Kier alpha value is -0.410. The van der Waals surface area contributed by atoms with Crippen LogP contribution in [-0.2, 0) is 9.53 Å². The molecule has 108 valence electrons. The molecule has 3 heteroatoms. The van der Waals surface area contributed by atoms with E-state index in [-0.39, 0.29) is 0 Å². The number of ether oxygens (including phenoxy) is 1. The lowest BCUT2D eigenvalue weighted by molar-refractivity contribution is -0.129. The van der Waals surface area contributed by atoms with E-state index in [4.69, 9.17) is 4.74 Å². The van der Waals surface area contributed by atoms with Gasteiger partial charge in [-0.3, -0.25) is 9.69 Å². The second-order valence-electron chi connectivity index (χ2n) is 6.49. The summed E-state index contributed by atoms with van der Waals surface area (Å²) in [4.78, 5) is 14.9. The Labute approximate surface area is 116 Å². The van der Waals surface area contributed by atoms with E-state index >= 15 is 0 Å². The van der Waals surface area contributed by atoms with Crippen LogP contribution in [0.4, 0.5) is 0 Å². The van der Waals surface area contributed by atoms with Crippen LogP contribution in [0.2, 0.25) is 0 Å². The molecule has 0 aromatic rings. The first-order valence-corrected chi connectivity index (χ1v) is 8.22. The highest BCUT2D eigenvalue weighted by molar-refractivity contribution is 5.82. The second kappa shape index (κ2) is 6.36. The van der Waals surface area contributed by atoms with Crippen LogP contribution < -0.4 is 0 Å². The number of hydrogen-bond acceptors (Lipinski definition) is 3. The molecule has 3 rings (SSSR count). The summed E-state index contributed by atoms with van der Waals surface area (Å²) in [6, 6.07) is 1.10. The number of nitrogens with zero attached hydrogens (tertiary/aromatic N) is 1. The summed E-state index contributed by atoms with van der Waals surface area (Å²) < 4.78 is 5.67. The zero-order valence-electron chi connectivity index (χ0n) is 12.0. The molecule has 2 aliphatic heterocycles. The van der Waals surface area contributed by atoms with Gasteiger partial charge in [0.1, 0.15) is 5.78 Å². The zero-order valence-corrected chi connectivity index (χ0v) is 12.0. The topological polar surface area (TPSA) is 29.5 Å². The first-order chi connectivity index (χ1) is 9.36. The van der Waals surface area contributed by atoms with Crippen molar-refractivity contribution in [1.82, 2.24) is 4.90 Å². The van der Waals surface area contributed by atoms with Gasteiger partial charge in [0.25, 0.3) is 0 Å². The highest BCUT2D eigenvalue weighted by atomic mass is 16.5. The Bertz CT molecular complexity index is 312. The number of carbonyl (C=O) groups is 1. The van der Waals surface area contributed by atoms with Crippen molar-refractivity contribution in [3.8, 4) is 0 Å². The van der Waals surface area contributed by atoms with Crippen molar-refractivity contribution in [3.63, 3.8) is 0 Å². The fourth-order valence-electron chi connectivity index (χ4n) is 4.27. The zero-order chi connectivity index (χ0) is 13.1. The van der Waals surface area contributed by atoms with Gasteiger partial charge in [0.15, 0.2) is 0 Å². The maximum Gasteiger partial charge on any atom is 0.137 e. The summed E-state index contributed by atoms with van der Waals surface area (Å²) in [6.45, 7) is 3.00. The average molecular weight is 265 g/mol.